The number of nitrogens with zero attached hydrogens (tertiary/aromatic N) is 2. The minimum atomic E-state index is -3.60. The van der Waals surface area contributed by atoms with Crippen LogP contribution in [0, 0.1) is 18.7 Å². The summed E-state index contributed by atoms with van der Waals surface area (Å²) in [4.78, 5) is 17.0. The molecule has 1 aliphatic heterocycles. The van der Waals surface area contributed by atoms with Crippen molar-refractivity contribution in [1.29, 1.82) is 0 Å². The van der Waals surface area contributed by atoms with Crippen molar-refractivity contribution in [2.75, 3.05) is 25.0 Å². The zero-order valence-corrected chi connectivity index (χ0v) is 19.3. The molecule has 6 nitrogen and oxygen atoms in total. The smallest absolute Gasteiger partial charge is 0.243 e. The number of anilines is 1. The van der Waals surface area contributed by atoms with Gasteiger partial charge in [0.05, 0.1) is 9.77 Å². The van der Waals surface area contributed by atoms with Gasteiger partial charge in [-0.3, -0.25) is 4.79 Å². The normalized spacial score (nSPS) is 15.6. The quantitative estimate of drug-likeness (QED) is 0.508. The lowest BCUT2D eigenvalue weighted by molar-refractivity contribution is 0.112. The van der Waals surface area contributed by atoms with Crippen molar-refractivity contribution in [1.82, 2.24) is 9.29 Å². The predicted octanol–water partition coefficient (Wildman–Crippen LogP) is 4.58. The Balaban J connectivity index is 1.34. The Morgan fingerprint density at radius 3 is 2.59 bits per heavy atom. The number of hydrogen-bond donors (Lipinski definition) is 1. The number of halogens is 1. The minimum absolute atomic E-state index is 0.122. The molecule has 1 saturated heterocycles. The van der Waals surface area contributed by atoms with Crippen LogP contribution in [0.1, 0.15) is 28.8 Å². The maximum atomic E-state index is 13.1. The van der Waals surface area contributed by atoms with Crippen molar-refractivity contribution in [3.05, 3.63) is 65.6 Å². The summed E-state index contributed by atoms with van der Waals surface area (Å²) in [5, 5.41) is 4.14. The van der Waals surface area contributed by atoms with Gasteiger partial charge in [-0.2, -0.15) is 4.31 Å². The molecule has 0 atom stereocenters. The van der Waals surface area contributed by atoms with Crippen LogP contribution in [0.15, 0.2) is 53.6 Å². The van der Waals surface area contributed by atoms with Crippen molar-refractivity contribution in [2.24, 2.45) is 5.92 Å². The fraction of sp³-hybridized carbons (Fsp3) is 0.304. The third-order valence-corrected chi connectivity index (χ3v) is 8.68. The van der Waals surface area contributed by atoms with Crippen molar-refractivity contribution in [3.63, 3.8) is 0 Å². The average molecular weight is 474 g/mol. The van der Waals surface area contributed by atoms with Crippen LogP contribution in [-0.2, 0) is 10.0 Å². The lowest BCUT2D eigenvalue weighted by atomic mass is 9.98. The van der Waals surface area contributed by atoms with Gasteiger partial charge in [0.15, 0.2) is 11.4 Å². The fourth-order valence-electron chi connectivity index (χ4n) is 3.87. The van der Waals surface area contributed by atoms with Crippen LogP contribution in [0.5, 0.6) is 0 Å². The summed E-state index contributed by atoms with van der Waals surface area (Å²) in [6.45, 7) is 3.48. The van der Waals surface area contributed by atoms with Gasteiger partial charge in [-0.15, -0.1) is 0 Å². The van der Waals surface area contributed by atoms with E-state index in [1.807, 2.05) is 25.1 Å². The predicted molar refractivity (Wildman–Crippen MR) is 124 cm³/mol. The molecule has 0 saturated carbocycles. The highest BCUT2D eigenvalue weighted by molar-refractivity contribution is 7.89. The monoisotopic (exact) mass is 473 g/mol. The summed E-state index contributed by atoms with van der Waals surface area (Å²) in [7, 11) is -3.60. The number of rotatable bonds is 7. The molecule has 1 aromatic heterocycles. The summed E-state index contributed by atoms with van der Waals surface area (Å²) in [6.07, 6.45) is 4.12. The molecular weight excluding hydrogens is 449 g/mol. The van der Waals surface area contributed by atoms with Gasteiger partial charge >= 0.3 is 0 Å². The summed E-state index contributed by atoms with van der Waals surface area (Å²) in [6, 6.07) is 10.7. The Morgan fingerprint density at radius 1 is 1.19 bits per heavy atom. The zero-order valence-electron chi connectivity index (χ0n) is 17.6. The second-order valence-electron chi connectivity index (χ2n) is 7.87. The Labute approximate surface area is 191 Å². The Morgan fingerprint density at radius 2 is 1.91 bits per heavy atom. The van der Waals surface area contributed by atoms with Gasteiger partial charge in [-0.1, -0.05) is 29.5 Å². The molecule has 1 aliphatic rings. The molecule has 0 unspecified atom stereocenters. The molecule has 1 fully saturated rings. The highest BCUT2D eigenvalue weighted by Crippen LogP contribution is 2.32. The van der Waals surface area contributed by atoms with E-state index in [4.69, 9.17) is 0 Å². The van der Waals surface area contributed by atoms with E-state index in [2.05, 4.69) is 10.3 Å². The molecule has 168 valence electrons. The number of carbonyl (C=O) groups excluding carboxylic acids is 1. The standard InChI is InChI=1S/C23H24FN3O3S2/c1-16-3-2-4-20(21(16)15-28)22-14-26-23(31-22)25-13-17-9-11-27(12-10-17)32(29,30)19-7-5-18(24)6-8-19/h2-8,14-15,17H,9-13H2,1H3,(H,25,26). The number of sulfonamides is 1. The molecule has 0 aliphatic carbocycles. The third kappa shape index (κ3) is 4.74. The van der Waals surface area contributed by atoms with E-state index in [9.17, 15) is 17.6 Å². The molecule has 0 amide bonds. The van der Waals surface area contributed by atoms with Gasteiger partial charge in [-0.25, -0.2) is 17.8 Å². The Hall–Kier alpha value is -2.62. The molecular formula is C23H24FN3O3S2. The highest BCUT2D eigenvalue weighted by Gasteiger charge is 2.29. The number of aryl methyl sites for hydroxylation is 1. The van der Waals surface area contributed by atoms with Crippen molar-refractivity contribution < 1.29 is 17.6 Å². The molecule has 9 heteroatoms. The maximum Gasteiger partial charge on any atom is 0.243 e. The van der Waals surface area contributed by atoms with E-state index in [1.165, 1.54) is 39.9 Å². The van der Waals surface area contributed by atoms with E-state index in [0.717, 1.165) is 40.3 Å². The van der Waals surface area contributed by atoms with Crippen LogP contribution in [0.25, 0.3) is 10.4 Å². The van der Waals surface area contributed by atoms with Gasteiger partial charge in [-0.05, 0) is 55.5 Å². The fourth-order valence-corrected chi connectivity index (χ4v) is 6.21. The van der Waals surface area contributed by atoms with Crippen LogP contribution >= 0.6 is 11.3 Å². The van der Waals surface area contributed by atoms with Gasteiger partial charge in [0.25, 0.3) is 0 Å². The number of hydrogen-bond acceptors (Lipinski definition) is 6. The lowest BCUT2D eigenvalue weighted by Crippen LogP contribution is -2.39. The SMILES string of the molecule is Cc1cccc(-c2cnc(NCC3CCN(S(=O)(=O)c4ccc(F)cc4)CC3)s2)c1C=O. The summed E-state index contributed by atoms with van der Waals surface area (Å²) < 4.78 is 40.1. The van der Waals surface area contributed by atoms with Crippen LogP contribution in [0.4, 0.5) is 9.52 Å². The van der Waals surface area contributed by atoms with Crippen molar-refractivity contribution in [3.8, 4) is 10.4 Å². The molecule has 0 radical (unpaired) electrons. The van der Waals surface area contributed by atoms with Crippen LogP contribution < -0.4 is 5.32 Å². The summed E-state index contributed by atoms with van der Waals surface area (Å²) >= 11 is 1.50. The highest BCUT2D eigenvalue weighted by atomic mass is 32.2. The molecule has 3 aromatic rings. The zero-order chi connectivity index (χ0) is 22.7. The molecule has 2 aromatic carbocycles. The molecule has 4 rings (SSSR count). The second-order valence-corrected chi connectivity index (χ2v) is 10.8. The van der Waals surface area contributed by atoms with E-state index >= 15 is 0 Å². The molecule has 0 bridgehead atoms. The number of carbonyl (C=O) groups is 1. The lowest BCUT2D eigenvalue weighted by Gasteiger charge is -2.31. The van der Waals surface area contributed by atoms with E-state index in [1.54, 1.807) is 6.20 Å². The van der Waals surface area contributed by atoms with Gasteiger partial charge in [0, 0.05) is 37.0 Å². The Kier molecular flexibility index (Phi) is 6.68. The van der Waals surface area contributed by atoms with Crippen LogP contribution in [0.2, 0.25) is 0 Å². The molecule has 32 heavy (non-hydrogen) atoms. The van der Waals surface area contributed by atoms with Gasteiger partial charge in [0.1, 0.15) is 5.82 Å². The number of aldehydes is 1. The number of piperidine rings is 1. The molecule has 2 heterocycles. The maximum absolute atomic E-state index is 13.1. The first-order valence-electron chi connectivity index (χ1n) is 10.4. The van der Waals surface area contributed by atoms with E-state index in [-0.39, 0.29) is 4.90 Å². The number of nitrogens with one attached hydrogen (secondary N) is 1. The number of aromatic nitrogens is 1. The van der Waals surface area contributed by atoms with Crippen molar-refractivity contribution >= 4 is 32.8 Å². The topological polar surface area (TPSA) is 79.4 Å². The van der Waals surface area contributed by atoms with E-state index in [0.29, 0.717) is 31.1 Å². The number of thiazole rings is 1. The van der Waals surface area contributed by atoms with E-state index < -0.39 is 15.8 Å². The van der Waals surface area contributed by atoms with Crippen LogP contribution in [-0.4, -0.2) is 43.6 Å². The third-order valence-electron chi connectivity index (χ3n) is 5.78. The van der Waals surface area contributed by atoms with Crippen LogP contribution in [0.3, 0.4) is 0 Å². The largest absolute Gasteiger partial charge is 0.361 e. The molecule has 0 spiro atoms. The van der Waals surface area contributed by atoms with Gasteiger partial charge < -0.3 is 5.32 Å². The minimum Gasteiger partial charge on any atom is -0.361 e. The average Bonchev–Trinajstić information content (AvgIpc) is 3.27. The van der Waals surface area contributed by atoms with Gasteiger partial charge in [0.2, 0.25) is 10.0 Å². The Bertz CT molecular complexity index is 1200. The summed E-state index contributed by atoms with van der Waals surface area (Å²) in [5.41, 5.74) is 2.49. The first-order valence-corrected chi connectivity index (χ1v) is 12.6. The summed E-state index contributed by atoms with van der Waals surface area (Å²) in [5.74, 6) is -0.129. The molecule has 1 N–H and O–H groups in total. The first kappa shape index (κ1) is 22.6. The first-order chi connectivity index (χ1) is 15.4. The van der Waals surface area contributed by atoms with Crippen molar-refractivity contribution in [2.45, 2.75) is 24.7 Å². The second kappa shape index (κ2) is 9.48. The number of benzene rings is 2.